The van der Waals surface area contributed by atoms with Crippen LogP contribution in [0.15, 0.2) is 60.9 Å². The van der Waals surface area contributed by atoms with Gasteiger partial charge in [-0.1, -0.05) is 41.9 Å². The highest BCUT2D eigenvalue weighted by Crippen LogP contribution is 2.26. The molecular formula is C18H15ClN4O3. The average molecular weight is 371 g/mol. The topological polar surface area (TPSA) is 90.1 Å². The molecule has 1 heterocycles. The maximum Gasteiger partial charge on any atom is 0.283 e. The van der Waals surface area contributed by atoms with E-state index in [1.165, 1.54) is 18.2 Å². The Kier molecular flexibility index (Phi) is 5.28. The second-order valence-corrected chi connectivity index (χ2v) is 5.95. The number of nitrogens with zero attached hydrogens (tertiary/aromatic N) is 3. The standard InChI is InChI=1S/C18H15ClN4O3/c19-15-7-3-8-16(23(25)26)17(15)18(24)20-11-13-5-1-2-6-14(13)12-22-10-4-9-21-22/h1-10H,11-12H2,(H,20,24). The molecule has 132 valence electrons. The molecule has 0 fully saturated rings. The molecule has 0 spiro atoms. The van der Waals surface area contributed by atoms with E-state index in [0.29, 0.717) is 6.54 Å². The van der Waals surface area contributed by atoms with E-state index in [0.717, 1.165) is 11.1 Å². The summed E-state index contributed by atoms with van der Waals surface area (Å²) in [4.78, 5) is 23.0. The molecular weight excluding hydrogens is 356 g/mol. The molecule has 3 aromatic rings. The van der Waals surface area contributed by atoms with Gasteiger partial charge in [0.25, 0.3) is 11.6 Å². The summed E-state index contributed by atoms with van der Waals surface area (Å²) < 4.78 is 1.78. The van der Waals surface area contributed by atoms with Crippen molar-refractivity contribution in [3.05, 3.63) is 92.8 Å². The molecule has 2 aromatic carbocycles. The smallest absolute Gasteiger partial charge is 0.283 e. The molecule has 0 unspecified atom stereocenters. The SMILES string of the molecule is O=C(NCc1ccccc1Cn1cccn1)c1c(Cl)cccc1[N+](=O)[O-]. The van der Waals surface area contributed by atoms with Crippen LogP contribution in [-0.4, -0.2) is 20.6 Å². The van der Waals surface area contributed by atoms with Crippen molar-refractivity contribution in [2.75, 3.05) is 0 Å². The number of nitro benzene ring substituents is 1. The summed E-state index contributed by atoms with van der Waals surface area (Å²) in [6.45, 7) is 0.782. The zero-order chi connectivity index (χ0) is 18.5. The minimum Gasteiger partial charge on any atom is -0.348 e. The van der Waals surface area contributed by atoms with Gasteiger partial charge in [0.1, 0.15) is 5.56 Å². The minimum atomic E-state index is -0.619. The van der Waals surface area contributed by atoms with Crippen molar-refractivity contribution in [2.24, 2.45) is 0 Å². The monoisotopic (exact) mass is 370 g/mol. The van der Waals surface area contributed by atoms with Gasteiger partial charge in [-0.15, -0.1) is 0 Å². The number of amides is 1. The Morgan fingerprint density at radius 3 is 2.62 bits per heavy atom. The van der Waals surface area contributed by atoms with Crippen molar-refractivity contribution in [3.8, 4) is 0 Å². The molecule has 8 heteroatoms. The number of nitro groups is 1. The van der Waals surface area contributed by atoms with Crippen LogP contribution in [0.1, 0.15) is 21.5 Å². The lowest BCUT2D eigenvalue weighted by molar-refractivity contribution is -0.385. The maximum absolute atomic E-state index is 12.5. The van der Waals surface area contributed by atoms with E-state index in [1.54, 1.807) is 10.9 Å². The first kappa shape index (κ1) is 17.6. The fourth-order valence-electron chi connectivity index (χ4n) is 2.61. The summed E-state index contributed by atoms with van der Waals surface area (Å²) in [5.74, 6) is -0.587. The van der Waals surface area contributed by atoms with Gasteiger partial charge in [0, 0.05) is 25.0 Å². The molecule has 1 aromatic heterocycles. The molecule has 3 rings (SSSR count). The predicted molar refractivity (Wildman–Crippen MR) is 97.0 cm³/mol. The summed E-state index contributed by atoms with van der Waals surface area (Å²) in [5.41, 5.74) is 1.43. The zero-order valence-electron chi connectivity index (χ0n) is 13.6. The summed E-state index contributed by atoms with van der Waals surface area (Å²) >= 11 is 6.00. The van der Waals surface area contributed by atoms with E-state index in [4.69, 9.17) is 11.6 Å². The molecule has 7 nitrogen and oxygen atoms in total. The van der Waals surface area contributed by atoms with E-state index in [-0.39, 0.29) is 22.8 Å². The molecule has 1 N–H and O–H groups in total. The van der Waals surface area contributed by atoms with E-state index in [1.807, 2.05) is 36.5 Å². The van der Waals surface area contributed by atoms with Gasteiger partial charge in [-0.3, -0.25) is 19.6 Å². The number of rotatable bonds is 6. The van der Waals surface area contributed by atoms with Gasteiger partial charge in [-0.25, -0.2) is 0 Å². The molecule has 0 aliphatic heterocycles. The van der Waals surface area contributed by atoms with Crippen molar-refractivity contribution in [1.82, 2.24) is 15.1 Å². The fraction of sp³-hybridized carbons (Fsp3) is 0.111. The van der Waals surface area contributed by atoms with Crippen LogP contribution in [0.25, 0.3) is 0 Å². The molecule has 26 heavy (non-hydrogen) atoms. The Bertz CT molecular complexity index is 941. The van der Waals surface area contributed by atoms with Crippen LogP contribution in [0.2, 0.25) is 5.02 Å². The number of nitrogens with one attached hydrogen (secondary N) is 1. The zero-order valence-corrected chi connectivity index (χ0v) is 14.4. The van der Waals surface area contributed by atoms with Crippen LogP contribution in [0, 0.1) is 10.1 Å². The van der Waals surface area contributed by atoms with Crippen LogP contribution < -0.4 is 5.32 Å². The second kappa shape index (κ2) is 7.79. The highest BCUT2D eigenvalue weighted by Gasteiger charge is 2.23. The van der Waals surface area contributed by atoms with Crippen LogP contribution in [0.4, 0.5) is 5.69 Å². The van der Waals surface area contributed by atoms with Crippen molar-refractivity contribution < 1.29 is 9.72 Å². The predicted octanol–water partition coefficient (Wildman–Crippen LogP) is 3.42. The normalized spacial score (nSPS) is 10.5. The van der Waals surface area contributed by atoms with Crippen LogP contribution in [0.5, 0.6) is 0 Å². The minimum absolute atomic E-state index is 0.0431. The Balaban J connectivity index is 1.78. The number of halogens is 1. The molecule has 0 aliphatic carbocycles. The third-order valence-electron chi connectivity index (χ3n) is 3.86. The Labute approximate surface area is 154 Å². The van der Waals surface area contributed by atoms with E-state index in [9.17, 15) is 14.9 Å². The Hall–Kier alpha value is -3.19. The van der Waals surface area contributed by atoms with Crippen LogP contribution in [0.3, 0.4) is 0 Å². The van der Waals surface area contributed by atoms with Gasteiger partial charge < -0.3 is 5.32 Å². The third kappa shape index (κ3) is 3.89. The number of carbonyl (C=O) groups excluding carboxylic acids is 1. The van der Waals surface area contributed by atoms with Gasteiger partial charge in [0.2, 0.25) is 0 Å². The Morgan fingerprint density at radius 2 is 1.92 bits per heavy atom. The summed E-state index contributed by atoms with van der Waals surface area (Å²) in [6.07, 6.45) is 3.55. The van der Waals surface area contributed by atoms with Crippen LogP contribution in [-0.2, 0) is 13.1 Å². The van der Waals surface area contributed by atoms with Gasteiger partial charge >= 0.3 is 0 Å². The Morgan fingerprint density at radius 1 is 1.15 bits per heavy atom. The van der Waals surface area contributed by atoms with Crippen molar-refractivity contribution in [3.63, 3.8) is 0 Å². The van der Waals surface area contributed by atoms with E-state index < -0.39 is 10.8 Å². The molecule has 0 aliphatic rings. The van der Waals surface area contributed by atoms with Crippen molar-refractivity contribution >= 4 is 23.2 Å². The van der Waals surface area contributed by atoms with Gasteiger partial charge in [-0.05, 0) is 23.3 Å². The molecule has 0 radical (unpaired) electrons. The van der Waals surface area contributed by atoms with Crippen molar-refractivity contribution in [2.45, 2.75) is 13.1 Å². The first-order chi connectivity index (χ1) is 12.6. The van der Waals surface area contributed by atoms with E-state index in [2.05, 4.69) is 10.4 Å². The fourth-order valence-corrected chi connectivity index (χ4v) is 2.86. The first-order valence-corrected chi connectivity index (χ1v) is 8.19. The summed E-state index contributed by atoms with van der Waals surface area (Å²) in [6, 6.07) is 13.6. The number of carbonyl (C=O) groups is 1. The third-order valence-corrected chi connectivity index (χ3v) is 4.18. The lowest BCUT2D eigenvalue weighted by Crippen LogP contribution is -2.25. The molecule has 0 atom stereocenters. The molecule has 0 saturated heterocycles. The number of hydrogen-bond acceptors (Lipinski definition) is 4. The first-order valence-electron chi connectivity index (χ1n) is 7.81. The van der Waals surface area contributed by atoms with Gasteiger partial charge in [-0.2, -0.15) is 5.10 Å². The molecule has 0 saturated carbocycles. The number of hydrogen-bond donors (Lipinski definition) is 1. The summed E-state index contributed by atoms with van der Waals surface area (Å²) in [7, 11) is 0. The lowest BCUT2D eigenvalue weighted by Gasteiger charge is -2.11. The maximum atomic E-state index is 12.5. The highest BCUT2D eigenvalue weighted by molar-refractivity contribution is 6.34. The number of benzene rings is 2. The van der Waals surface area contributed by atoms with Crippen molar-refractivity contribution in [1.29, 1.82) is 0 Å². The molecule has 0 bridgehead atoms. The van der Waals surface area contributed by atoms with Gasteiger partial charge in [0.05, 0.1) is 16.5 Å². The second-order valence-electron chi connectivity index (χ2n) is 5.55. The highest BCUT2D eigenvalue weighted by atomic mass is 35.5. The average Bonchev–Trinajstić information content (AvgIpc) is 3.13. The lowest BCUT2D eigenvalue weighted by atomic mass is 10.1. The summed E-state index contributed by atoms with van der Waals surface area (Å²) in [5, 5.41) is 18.1. The van der Waals surface area contributed by atoms with Crippen LogP contribution >= 0.6 is 11.6 Å². The number of aromatic nitrogens is 2. The largest absolute Gasteiger partial charge is 0.348 e. The molecule has 1 amide bonds. The quantitative estimate of drug-likeness (QED) is 0.531. The van der Waals surface area contributed by atoms with Gasteiger partial charge in [0.15, 0.2) is 0 Å². The van der Waals surface area contributed by atoms with E-state index >= 15 is 0 Å².